The van der Waals surface area contributed by atoms with E-state index in [0.717, 1.165) is 50.6 Å². The number of amides is 9. The van der Waals surface area contributed by atoms with Crippen LogP contribution >= 0.6 is 24.8 Å². The fourth-order valence-corrected chi connectivity index (χ4v) is 22.5. The molecule has 38 nitrogen and oxygen atoms in total. The molecule has 9 amide bonds. The Morgan fingerprint density at radius 3 is 1.03 bits per heavy atom. The summed E-state index contributed by atoms with van der Waals surface area (Å²) in [6.07, 6.45) is 5.26. The number of carbonyl (C=O) groups is 12. The van der Waals surface area contributed by atoms with Crippen molar-refractivity contribution < 1.29 is 108 Å². The molecule has 139 heavy (non-hydrogen) atoms. The van der Waals surface area contributed by atoms with Crippen LogP contribution in [0, 0.1) is 131 Å². The number of nitrogens with one attached hydrogen (secondary N) is 7. The van der Waals surface area contributed by atoms with Gasteiger partial charge in [0.2, 0.25) is 53.0 Å². The molecular formula is C95H176B4Cl2N16O22. The van der Waals surface area contributed by atoms with Crippen LogP contribution in [0.2, 0.25) is 27.3 Å². The second-order valence-corrected chi connectivity index (χ2v) is 50.4. The van der Waals surface area contributed by atoms with Crippen molar-refractivity contribution in [2.75, 3.05) is 45.9 Å². The number of aliphatic carboxylic acids is 2. The summed E-state index contributed by atoms with van der Waals surface area (Å²) >= 11 is 0. The molecule has 13 fully saturated rings. The first kappa shape index (κ1) is 124. The van der Waals surface area contributed by atoms with E-state index in [2.05, 4.69) is 106 Å². The van der Waals surface area contributed by atoms with Gasteiger partial charge in [0, 0.05) is 44.2 Å². The van der Waals surface area contributed by atoms with Crippen LogP contribution in [0.5, 0.6) is 0 Å². The van der Waals surface area contributed by atoms with E-state index in [-0.39, 0.29) is 130 Å². The maximum absolute atomic E-state index is 13.6. The summed E-state index contributed by atoms with van der Waals surface area (Å²) in [6.45, 7) is 59.9. The first-order valence-electron chi connectivity index (χ1n) is 49.7. The predicted molar refractivity (Wildman–Crippen MR) is 538 cm³/mol. The average Bonchev–Trinajstić information content (AvgIpc) is 1.48. The molecule has 5 heterocycles. The lowest BCUT2D eigenvalue weighted by Crippen LogP contribution is -2.61. The zero-order valence-corrected chi connectivity index (χ0v) is 89.8. The first-order valence-corrected chi connectivity index (χ1v) is 49.7. The van der Waals surface area contributed by atoms with Crippen LogP contribution < -0.4 is 65.5 Å². The number of Topliss-reactive ketones (excluding diaryl/α,β-unsaturated/α-hetero) is 1. The van der Waals surface area contributed by atoms with Gasteiger partial charge in [-0.1, -0.05) is 212 Å². The second kappa shape index (κ2) is 46.4. The fraction of sp³-hybridized carbons (Fsp3) is 0.874. The van der Waals surface area contributed by atoms with Crippen LogP contribution in [-0.4, -0.2) is 306 Å². The van der Waals surface area contributed by atoms with Crippen molar-refractivity contribution in [2.45, 2.75) is 349 Å². The van der Waals surface area contributed by atoms with Gasteiger partial charge in [0.25, 0.3) is 5.91 Å². The zero-order chi connectivity index (χ0) is 105. The molecule has 0 radical (unpaired) electrons. The Labute approximate surface area is 838 Å². The van der Waals surface area contributed by atoms with Crippen LogP contribution in [0.15, 0.2) is 0 Å². The quantitative estimate of drug-likeness (QED) is 0.0334. The van der Waals surface area contributed by atoms with Crippen molar-refractivity contribution in [3.8, 4) is 0 Å². The number of carboxylic acid groups (broad SMARTS) is 2. The largest absolute Gasteiger partial charge is 0.480 e. The van der Waals surface area contributed by atoms with Crippen molar-refractivity contribution in [2.24, 2.45) is 160 Å². The highest BCUT2D eigenvalue weighted by Gasteiger charge is 2.74. The first-order chi connectivity index (χ1) is 62.4. The van der Waals surface area contributed by atoms with Crippen molar-refractivity contribution >= 4 is 124 Å². The van der Waals surface area contributed by atoms with Crippen LogP contribution in [-0.2, 0) is 57.5 Å². The maximum Gasteiger partial charge on any atom is 0.374 e. The summed E-state index contributed by atoms with van der Waals surface area (Å²) in [7, 11) is -3.24. The molecule has 5 aliphatic heterocycles. The van der Waals surface area contributed by atoms with Crippen molar-refractivity contribution in [1.82, 2.24) is 56.5 Å². The van der Waals surface area contributed by atoms with Crippen molar-refractivity contribution in [3.05, 3.63) is 0 Å². The number of nitrogens with two attached hydrogens (primary N) is 5. The van der Waals surface area contributed by atoms with Crippen molar-refractivity contribution in [3.63, 3.8) is 0 Å². The third-order valence-corrected chi connectivity index (χ3v) is 32.2. The van der Waals surface area contributed by atoms with Gasteiger partial charge in [0.15, 0.2) is 6.10 Å². The molecule has 0 aromatic heterocycles. The van der Waals surface area contributed by atoms with Gasteiger partial charge < -0.3 is 136 Å². The van der Waals surface area contributed by atoms with Gasteiger partial charge in [0.1, 0.15) is 30.3 Å². The summed E-state index contributed by atoms with van der Waals surface area (Å²) in [5, 5.41) is 115. The highest BCUT2D eigenvalue weighted by Crippen LogP contribution is 2.69. The van der Waals surface area contributed by atoms with Gasteiger partial charge in [-0.05, 0) is 178 Å². The highest BCUT2D eigenvalue weighted by molar-refractivity contribution is 6.47. The summed E-state index contributed by atoms with van der Waals surface area (Å²) < 4.78 is 0. The van der Waals surface area contributed by atoms with Gasteiger partial charge in [-0.3, -0.25) is 52.7 Å². The minimum absolute atomic E-state index is 0. The number of aliphatic hydroxyl groups excluding tert-OH is 4. The number of fused-ring (bicyclic) bond motifs is 5. The summed E-state index contributed by atoms with van der Waals surface area (Å²) in [6, 6.07) is -7.18. The third kappa shape index (κ3) is 30.2. The normalized spacial score (nSPS) is 29.0. The van der Waals surface area contributed by atoms with E-state index in [1.807, 2.05) is 88.0 Å². The number of carbonyl (C=O) groups excluding carboxylic acids is 10. The SMILES string of the molecule is CB(O)N[C@H](C(=O)N1C[C@H]2[C@@H]([C@H]1C(=O)NC(CC1CC1)C(O)C(N)=O)C2(C)C)C(C)(C)C.CB(O)N[C@H](C(=O)N1C[C@H]2[C@@H]([C@H]1C(=O)O)C2(C)C)C(C)(C)C.CB(O)N[C@H](C(=O)N1C[C@H]2[C@@H]([C@H]1CO)C2(C)C)C(C)(C)C.CB(O)N[C@H](C(=O)O)C(C)(C)C.CC(C)(C)[C@H](N)C(=O)N1C[C@H]2[C@@H]([C@H]1C(=O)NC(CC1CC1)C(=O)C(N)=O)C2(C)C.CC1(C)[C@@H]2[C@@H](CO)NC[C@@H]21.Cl.Cl.NC(=O)C(O)C(N)CC1CC1. The molecule has 5 saturated heterocycles. The number of likely N-dealkylation sites (tertiary alicyclic amines) is 4. The molecule has 0 aromatic rings. The van der Waals surface area contributed by atoms with E-state index in [1.165, 1.54) is 24.6 Å². The Morgan fingerprint density at radius 2 is 0.727 bits per heavy atom. The van der Waals surface area contributed by atoms with Gasteiger partial charge in [0.05, 0.1) is 55.5 Å². The second-order valence-electron chi connectivity index (χ2n) is 50.4. The number of aliphatic hydroxyl groups is 4. The van der Waals surface area contributed by atoms with Gasteiger partial charge >= 0.3 is 40.1 Å². The Balaban J connectivity index is 0.000000296. The van der Waals surface area contributed by atoms with Crippen LogP contribution in [0.1, 0.15) is 231 Å². The topological polar surface area (TPSA) is 634 Å². The molecular weight excluding hydrogens is 1830 g/mol. The molecule has 794 valence electrons. The Bertz CT molecular complexity index is 4290. The molecule has 8 aliphatic carbocycles. The molecule has 13 aliphatic rings. The average molecular weight is 2010 g/mol. The number of hydrogen-bond donors (Lipinski definition) is 22. The molecule has 5 unspecified atom stereocenters. The highest BCUT2D eigenvalue weighted by atomic mass is 35.5. The van der Waals surface area contributed by atoms with Crippen LogP contribution in [0.3, 0.4) is 0 Å². The smallest absolute Gasteiger partial charge is 0.374 e. The molecule has 27 N–H and O–H groups in total. The lowest BCUT2D eigenvalue weighted by molar-refractivity contribution is -0.152. The Morgan fingerprint density at radius 1 is 0.410 bits per heavy atom. The number of primary amides is 3. The molecule has 25 atom stereocenters. The Hall–Kier alpha value is -5.92. The monoisotopic (exact) mass is 2010 g/mol. The van der Waals surface area contributed by atoms with E-state index < -0.39 is 170 Å². The maximum atomic E-state index is 13.6. The Kier molecular flexibility index (Phi) is 41.3. The molecule has 0 aromatic carbocycles. The summed E-state index contributed by atoms with van der Waals surface area (Å²) in [5.74, 6) is -2.24. The van der Waals surface area contributed by atoms with E-state index >= 15 is 0 Å². The van der Waals surface area contributed by atoms with Gasteiger partial charge in [-0.15, -0.1) is 24.8 Å². The predicted octanol–water partition coefficient (Wildman–Crippen LogP) is 1.35. The van der Waals surface area contributed by atoms with Crippen LogP contribution in [0.4, 0.5) is 0 Å². The minimum Gasteiger partial charge on any atom is -0.480 e. The number of hydrogen-bond acceptors (Lipinski definition) is 27. The van der Waals surface area contributed by atoms with E-state index in [0.29, 0.717) is 86.5 Å². The molecule has 44 heteroatoms. The summed E-state index contributed by atoms with van der Waals surface area (Å²) in [4.78, 5) is 154. The number of piperidine rings is 5. The number of carboxylic acids is 2. The number of halogens is 2. The zero-order valence-electron chi connectivity index (χ0n) is 88.2. The minimum atomic E-state index is -1.47. The summed E-state index contributed by atoms with van der Waals surface area (Å²) in [5.41, 5.74) is 25.7. The number of rotatable bonds is 32. The van der Waals surface area contributed by atoms with Gasteiger partial charge in [-0.25, -0.2) is 4.79 Å². The van der Waals surface area contributed by atoms with Crippen LogP contribution in [0.25, 0.3) is 0 Å². The van der Waals surface area contributed by atoms with E-state index in [9.17, 15) is 87.9 Å². The van der Waals surface area contributed by atoms with E-state index in [4.69, 9.17) is 49.0 Å². The van der Waals surface area contributed by atoms with Crippen molar-refractivity contribution in [1.29, 1.82) is 0 Å². The molecule has 8 saturated carbocycles. The molecule has 13 rings (SSSR count). The number of nitrogens with zero attached hydrogens (tertiary/aromatic N) is 4. The number of ketones is 1. The molecule has 0 bridgehead atoms. The van der Waals surface area contributed by atoms with Gasteiger partial charge in [-0.2, -0.15) is 0 Å². The lowest BCUT2D eigenvalue weighted by atomic mass is 9.78. The fourth-order valence-electron chi connectivity index (χ4n) is 22.5. The third-order valence-electron chi connectivity index (χ3n) is 32.2. The standard InChI is InChI=1S/C22H39BN4O5.C21H34N4O4.C15H27BN2O4.C15H29BN2O3.C8H15NO.C7H16BNO3.C7H14N2O2.2ClH/c1-21(2,3)17(26-23(6)32)20(31)27-10-12-14(22(12,4)5)15(27)19(30)25-13(9-11-7-8-11)16(28)18(24)29;1-20(2,3)16(22)19(29)25-9-11-13(21(11,4)5)14(25)18(28)24-12(8-10-6-7-10)15(26)17(23)27;1-14(2,3)11(17-16(6)22)12(19)18-7-8-9(15(8,4)5)10(18)13(20)21;1-14(2,3)12(17-16(6)21)13(20)18-7-9-11(10(18)8-19)15(9,4)5;1-8(2)5-3-9-6(4-10)7(5)8;1-7(2,3)5(6(10)11)9-8(4)12;8-5(3-4-1-2-4)6(10)7(9)11;;/h11-17,26,28,32H,7-10H2,1-6H3,(H2,24,29)(H,25,30);10-14,16H,6-9,22H2,1-5H3,(H2,23,27)(H,24,28);8-11,17,22H,7H2,1-6H3,(H,20,21);9-12,17,19,21H,7-8H2,1-6H3;5-7,9-10H,3-4H2,1-2H3;5,9,12H,1-4H3,(H,10,11);4-6,10H,1-3,8H2,(H2,9,11);2*1H/t12-,13?,14-,15-,16?,17+;11-,12?,13-,14-,16+;8-,9-,10-,11+;9-,10+,11-,12+;5-,6+,7-;5-;;;/m000001.../s1. The van der Waals surface area contributed by atoms with E-state index in [1.54, 1.807) is 51.0 Å². The lowest BCUT2D eigenvalue weighted by Gasteiger charge is -2.38. The molecule has 0 spiro atoms.